The maximum absolute atomic E-state index is 8.33. The van der Waals surface area contributed by atoms with E-state index in [4.69, 9.17) is 16.9 Å². The highest BCUT2D eigenvalue weighted by molar-refractivity contribution is 14.1. The number of anilines is 1. The lowest BCUT2D eigenvalue weighted by atomic mass is 10.3. The molecule has 0 heterocycles. The van der Waals surface area contributed by atoms with Gasteiger partial charge in [-0.3, -0.25) is 0 Å². The normalized spacial score (nSPS) is 9.08. The monoisotopic (exact) mass is 292 g/mol. The molecule has 0 aliphatic carbocycles. The van der Waals surface area contributed by atoms with Crippen LogP contribution in [-0.2, 0) is 0 Å². The molecule has 0 spiro atoms. The van der Waals surface area contributed by atoms with E-state index in [1.807, 2.05) is 24.3 Å². The van der Waals surface area contributed by atoms with Crippen LogP contribution in [0.15, 0.2) is 18.2 Å². The quantitative estimate of drug-likeness (QED) is 0.672. The summed E-state index contributed by atoms with van der Waals surface area (Å²) in [5.74, 6) is 0. The van der Waals surface area contributed by atoms with Crippen molar-refractivity contribution < 1.29 is 0 Å². The van der Waals surface area contributed by atoms with Crippen molar-refractivity contribution >= 4 is 39.9 Å². The molecule has 0 saturated heterocycles. The fourth-order valence-corrected chi connectivity index (χ4v) is 1.44. The van der Waals surface area contributed by atoms with Gasteiger partial charge in [-0.25, -0.2) is 0 Å². The number of halogens is 2. The Hall–Kier alpha value is -0.470. The average molecular weight is 293 g/mol. The number of nitrogens with one attached hydrogen (secondary N) is 1. The molecule has 1 aromatic carbocycles. The predicted molar refractivity (Wildman–Crippen MR) is 58.3 cm³/mol. The summed E-state index contributed by atoms with van der Waals surface area (Å²) in [6.07, 6.45) is 0. The third-order valence-electron chi connectivity index (χ3n) is 1.29. The van der Waals surface area contributed by atoms with Gasteiger partial charge in [-0.1, -0.05) is 11.6 Å². The number of hydrogen-bond donors (Lipinski definition) is 1. The Morgan fingerprint density at radius 2 is 2.33 bits per heavy atom. The number of hydrogen-bond acceptors (Lipinski definition) is 2. The minimum Gasteiger partial charge on any atom is -0.371 e. The first-order valence-corrected chi connectivity index (χ1v) is 4.75. The minimum absolute atomic E-state index is 0.278. The summed E-state index contributed by atoms with van der Waals surface area (Å²) < 4.78 is 1.09. The summed E-state index contributed by atoms with van der Waals surface area (Å²) >= 11 is 8.05. The lowest BCUT2D eigenvalue weighted by molar-refractivity contribution is 1.31. The van der Waals surface area contributed by atoms with Gasteiger partial charge in [0, 0.05) is 3.57 Å². The zero-order chi connectivity index (χ0) is 8.97. The van der Waals surface area contributed by atoms with Crippen LogP contribution in [-0.4, -0.2) is 6.54 Å². The molecular weight excluding hydrogens is 286 g/mol. The molecule has 0 aliphatic rings. The van der Waals surface area contributed by atoms with Crippen LogP contribution in [0.5, 0.6) is 0 Å². The fraction of sp³-hybridized carbons (Fsp3) is 0.125. The van der Waals surface area contributed by atoms with Gasteiger partial charge in [0.1, 0.15) is 6.54 Å². The fourth-order valence-electron chi connectivity index (χ4n) is 0.768. The average Bonchev–Trinajstić information content (AvgIpc) is 2.07. The van der Waals surface area contributed by atoms with E-state index in [1.165, 1.54) is 0 Å². The highest BCUT2D eigenvalue weighted by Gasteiger charge is 1.98. The Balaban J connectivity index is 2.84. The molecule has 0 amide bonds. The second kappa shape index (κ2) is 4.53. The van der Waals surface area contributed by atoms with Gasteiger partial charge >= 0.3 is 0 Å². The first-order chi connectivity index (χ1) is 5.74. The standard InChI is InChI=1S/C8H6ClIN2/c9-7-2-1-6(10)5-8(7)12-4-3-11/h1-2,5,12H,4H2. The van der Waals surface area contributed by atoms with E-state index in [-0.39, 0.29) is 6.54 Å². The van der Waals surface area contributed by atoms with E-state index in [1.54, 1.807) is 0 Å². The van der Waals surface area contributed by atoms with Gasteiger partial charge in [0.15, 0.2) is 0 Å². The molecule has 0 radical (unpaired) electrons. The first-order valence-electron chi connectivity index (χ1n) is 3.30. The van der Waals surface area contributed by atoms with E-state index in [2.05, 4.69) is 27.9 Å². The van der Waals surface area contributed by atoms with Crippen molar-refractivity contribution in [2.75, 3.05) is 11.9 Å². The molecule has 0 aromatic heterocycles. The van der Waals surface area contributed by atoms with Crippen LogP contribution >= 0.6 is 34.2 Å². The highest BCUT2D eigenvalue weighted by Crippen LogP contribution is 2.23. The van der Waals surface area contributed by atoms with Crippen molar-refractivity contribution in [2.24, 2.45) is 0 Å². The number of nitriles is 1. The molecule has 12 heavy (non-hydrogen) atoms. The van der Waals surface area contributed by atoms with Crippen molar-refractivity contribution in [3.05, 3.63) is 26.8 Å². The predicted octanol–water partition coefficient (Wildman–Crippen LogP) is 2.88. The second-order valence-electron chi connectivity index (χ2n) is 2.14. The summed E-state index contributed by atoms with van der Waals surface area (Å²) in [5, 5.41) is 11.9. The van der Waals surface area contributed by atoms with Crippen LogP contribution in [0.4, 0.5) is 5.69 Å². The number of nitrogens with zero attached hydrogens (tertiary/aromatic N) is 1. The van der Waals surface area contributed by atoms with Gasteiger partial charge in [-0.2, -0.15) is 5.26 Å². The second-order valence-corrected chi connectivity index (χ2v) is 3.79. The summed E-state index contributed by atoms with van der Waals surface area (Å²) in [7, 11) is 0. The third kappa shape index (κ3) is 2.54. The largest absolute Gasteiger partial charge is 0.371 e. The lowest BCUT2D eigenvalue weighted by Crippen LogP contribution is -1.98. The molecule has 1 aromatic rings. The van der Waals surface area contributed by atoms with E-state index in [0.717, 1.165) is 9.26 Å². The van der Waals surface area contributed by atoms with Crippen LogP contribution in [0.1, 0.15) is 0 Å². The lowest BCUT2D eigenvalue weighted by Gasteiger charge is -2.04. The SMILES string of the molecule is N#CCNc1cc(I)ccc1Cl. The Kier molecular flexibility index (Phi) is 3.63. The van der Waals surface area contributed by atoms with E-state index < -0.39 is 0 Å². The van der Waals surface area contributed by atoms with Crippen molar-refractivity contribution in [2.45, 2.75) is 0 Å². The molecule has 1 rings (SSSR count). The molecular formula is C8H6ClIN2. The molecule has 0 saturated carbocycles. The van der Waals surface area contributed by atoms with Crippen LogP contribution in [0.3, 0.4) is 0 Å². The smallest absolute Gasteiger partial charge is 0.103 e. The Labute approximate surface area is 89.7 Å². The summed E-state index contributed by atoms with van der Waals surface area (Å²) in [6, 6.07) is 7.62. The van der Waals surface area contributed by atoms with Crippen molar-refractivity contribution in [3.63, 3.8) is 0 Å². The van der Waals surface area contributed by atoms with Gasteiger partial charge in [-0.05, 0) is 40.8 Å². The highest BCUT2D eigenvalue weighted by atomic mass is 127. The molecule has 2 nitrogen and oxygen atoms in total. The molecule has 1 N–H and O–H groups in total. The summed E-state index contributed by atoms with van der Waals surface area (Å²) in [5.41, 5.74) is 0.810. The molecule has 0 aliphatic heterocycles. The van der Waals surface area contributed by atoms with Crippen molar-refractivity contribution in [1.29, 1.82) is 5.26 Å². The van der Waals surface area contributed by atoms with E-state index in [9.17, 15) is 0 Å². The first kappa shape index (κ1) is 9.62. The zero-order valence-electron chi connectivity index (χ0n) is 6.14. The van der Waals surface area contributed by atoms with Crippen molar-refractivity contribution in [1.82, 2.24) is 0 Å². The maximum atomic E-state index is 8.33. The van der Waals surface area contributed by atoms with Crippen LogP contribution in [0, 0.1) is 14.9 Å². The Bertz CT molecular complexity index is 319. The minimum atomic E-state index is 0.278. The van der Waals surface area contributed by atoms with Gasteiger partial charge in [0.25, 0.3) is 0 Å². The third-order valence-corrected chi connectivity index (χ3v) is 2.29. The van der Waals surface area contributed by atoms with Crippen molar-refractivity contribution in [3.8, 4) is 6.07 Å². The van der Waals surface area contributed by atoms with E-state index >= 15 is 0 Å². The van der Waals surface area contributed by atoms with E-state index in [0.29, 0.717) is 5.02 Å². The van der Waals surface area contributed by atoms with Crippen LogP contribution < -0.4 is 5.32 Å². The molecule has 0 unspecified atom stereocenters. The number of rotatable bonds is 2. The van der Waals surface area contributed by atoms with Gasteiger partial charge in [0.05, 0.1) is 16.8 Å². The van der Waals surface area contributed by atoms with Crippen LogP contribution in [0.25, 0.3) is 0 Å². The molecule has 4 heteroatoms. The zero-order valence-corrected chi connectivity index (χ0v) is 9.06. The number of benzene rings is 1. The molecule has 0 fully saturated rings. The summed E-state index contributed by atoms with van der Waals surface area (Å²) in [4.78, 5) is 0. The topological polar surface area (TPSA) is 35.8 Å². The summed E-state index contributed by atoms with van der Waals surface area (Å²) in [6.45, 7) is 0.278. The van der Waals surface area contributed by atoms with Gasteiger partial charge in [0.2, 0.25) is 0 Å². The van der Waals surface area contributed by atoms with Gasteiger partial charge in [-0.15, -0.1) is 0 Å². The Morgan fingerprint density at radius 3 is 3.00 bits per heavy atom. The maximum Gasteiger partial charge on any atom is 0.103 e. The van der Waals surface area contributed by atoms with Crippen LogP contribution in [0.2, 0.25) is 5.02 Å². The Morgan fingerprint density at radius 1 is 1.58 bits per heavy atom. The molecule has 0 atom stereocenters. The molecule has 62 valence electrons. The van der Waals surface area contributed by atoms with Gasteiger partial charge < -0.3 is 5.32 Å². The molecule has 0 bridgehead atoms.